The Morgan fingerprint density at radius 2 is 1.17 bits per heavy atom. The second-order valence-electron chi connectivity index (χ2n) is 11.9. The molecule has 0 spiro atoms. The van der Waals surface area contributed by atoms with E-state index in [2.05, 4.69) is 133 Å². The average molecular weight is 604 g/mol. The van der Waals surface area contributed by atoms with Gasteiger partial charge in [0.15, 0.2) is 17.5 Å². The second kappa shape index (κ2) is 11.3. The third kappa shape index (κ3) is 4.82. The minimum absolute atomic E-state index is 0.622. The SMILES string of the molecule is C1=CC(c2nc(-c3cccc4ccccc34)nc(-c3c(-c4ccc(-c5ccccc5)cc4)ccc4oc5ccccc5c34)n2)=CCC1. The van der Waals surface area contributed by atoms with Gasteiger partial charge >= 0.3 is 0 Å². The van der Waals surface area contributed by atoms with Gasteiger partial charge in [0.25, 0.3) is 0 Å². The molecule has 0 bridgehead atoms. The van der Waals surface area contributed by atoms with Crippen LogP contribution in [0.15, 0.2) is 156 Å². The van der Waals surface area contributed by atoms with Crippen LogP contribution in [0, 0.1) is 0 Å². The van der Waals surface area contributed by atoms with Crippen LogP contribution in [0.5, 0.6) is 0 Å². The fourth-order valence-electron chi connectivity index (χ4n) is 6.70. The van der Waals surface area contributed by atoms with Crippen molar-refractivity contribution < 1.29 is 4.42 Å². The lowest BCUT2D eigenvalue weighted by atomic mass is 9.93. The van der Waals surface area contributed by atoms with Gasteiger partial charge < -0.3 is 4.42 Å². The van der Waals surface area contributed by atoms with Gasteiger partial charge in [-0.25, -0.2) is 15.0 Å². The molecule has 0 saturated heterocycles. The summed E-state index contributed by atoms with van der Waals surface area (Å²) in [5, 5.41) is 4.28. The lowest BCUT2D eigenvalue weighted by Gasteiger charge is -2.15. The summed E-state index contributed by atoms with van der Waals surface area (Å²) in [6, 6.07) is 46.3. The van der Waals surface area contributed by atoms with E-state index in [0.29, 0.717) is 17.5 Å². The summed E-state index contributed by atoms with van der Waals surface area (Å²) in [5.74, 6) is 1.94. The monoisotopic (exact) mass is 603 g/mol. The van der Waals surface area contributed by atoms with E-state index >= 15 is 0 Å². The van der Waals surface area contributed by atoms with Crippen molar-refractivity contribution in [2.24, 2.45) is 0 Å². The maximum absolute atomic E-state index is 6.41. The summed E-state index contributed by atoms with van der Waals surface area (Å²) in [7, 11) is 0. The minimum Gasteiger partial charge on any atom is -0.456 e. The Morgan fingerprint density at radius 1 is 0.468 bits per heavy atom. The van der Waals surface area contributed by atoms with Crippen LogP contribution in [0.25, 0.3) is 83.3 Å². The summed E-state index contributed by atoms with van der Waals surface area (Å²) in [4.78, 5) is 15.6. The number of furan rings is 1. The number of allylic oxidation sites excluding steroid dienone is 4. The number of nitrogens with zero attached hydrogens (tertiary/aromatic N) is 3. The van der Waals surface area contributed by atoms with Crippen molar-refractivity contribution in [3.8, 4) is 45.0 Å². The molecule has 1 aliphatic rings. The number of rotatable bonds is 5. The van der Waals surface area contributed by atoms with Gasteiger partial charge in [0.05, 0.1) is 0 Å². The van der Waals surface area contributed by atoms with E-state index < -0.39 is 0 Å². The number of para-hydroxylation sites is 1. The third-order valence-corrected chi connectivity index (χ3v) is 8.99. The zero-order chi connectivity index (χ0) is 31.2. The Labute approximate surface area is 272 Å². The van der Waals surface area contributed by atoms with Crippen molar-refractivity contribution in [3.05, 3.63) is 158 Å². The lowest BCUT2D eigenvalue weighted by Crippen LogP contribution is -2.04. The van der Waals surface area contributed by atoms with E-state index in [1.165, 1.54) is 11.1 Å². The number of benzene rings is 6. The maximum atomic E-state index is 6.41. The molecule has 0 fully saturated rings. The molecule has 222 valence electrons. The number of hydrogen-bond acceptors (Lipinski definition) is 4. The van der Waals surface area contributed by atoms with Gasteiger partial charge in [-0.15, -0.1) is 0 Å². The topological polar surface area (TPSA) is 51.8 Å². The number of aromatic nitrogens is 3. The summed E-state index contributed by atoms with van der Waals surface area (Å²) >= 11 is 0. The molecule has 0 radical (unpaired) electrons. The molecule has 0 atom stereocenters. The van der Waals surface area contributed by atoms with Gasteiger partial charge in [-0.2, -0.15) is 0 Å². The molecule has 0 aliphatic heterocycles. The Kier molecular flexibility index (Phi) is 6.57. The van der Waals surface area contributed by atoms with Gasteiger partial charge in [-0.3, -0.25) is 0 Å². The first-order valence-electron chi connectivity index (χ1n) is 16.0. The van der Waals surface area contributed by atoms with Gasteiger partial charge in [-0.1, -0.05) is 133 Å². The molecule has 1 aliphatic carbocycles. The number of fused-ring (bicyclic) bond motifs is 4. The van der Waals surface area contributed by atoms with Crippen molar-refractivity contribution in [2.75, 3.05) is 0 Å². The molecule has 0 saturated carbocycles. The van der Waals surface area contributed by atoms with E-state index in [-0.39, 0.29) is 0 Å². The van der Waals surface area contributed by atoms with Gasteiger partial charge in [0.2, 0.25) is 0 Å². The fourth-order valence-corrected chi connectivity index (χ4v) is 6.70. The van der Waals surface area contributed by atoms with Crippen molar-refractivity contribution in [1.29, 1.82) is 0 Å². The van der Waals surface area contributed by atoms with Crippen LogP contribution < -0.4 is 0 Å². The highest BCUT2D eigenvalue weighted by Gasteiger charge is 2.22. The first kappa shape index (κ1) is 27.2. The lowest BCUT2D eigenvalue weighted by molar-refractivity contribution is 0.669. The highest BCUT2D eigenvalue weighted by atomic mass is 16.3. The first-order valence-corrected chi connectivity index (χ1v) is 16.0. The average Bonchev–Trinajstić information content (AvgIpc) is 3.54. The van der Waals surface area contributed by atoms with Crippen molar-refractivity contribution in [1.82, 2.24) is 15.0 Å². The van der Waals surface area contributed by atoms with Crippen LogP contribution in [0.4, 0.5) is 0 Å². The highest BCUT2D eigenvalue weighted by molar-refractivity contribution is 6.15. The van der Waals surface area contributed by atoms with Crippen LogP contribution in [0.2, 0.25) is 0 Å². The zero-order valence-electron chi connectivity index (χ0n) is 25.6. The summed E-state index contributed by atoms with van der Waals surface area (Å²) in [6.45, 7) is 0. The zero-order valence-corrected chi connectivity index (χ0v) is 25.6. The standard InChI is InChI=1S/C43H29N3O/c1-3-12-28(13-4-1)29-22-24-31(25-23-29)34-26-27-38-39(36-19-9-10-21-37(36)47-38)40(34)43-45-41(32-15-5-2-6-16-32)44-42(46-43)35-20-11-17-30-14-7-8-18-33(30)35/h1,3-5,7-27H,2,6H2. The Balaban J connectivity index is 1.33. The summed E-state index contributed by atoms with van der Waals surface area (Å²) in [5.41, 5.74) is 9.04. The van der Waals surface area contributed by atoms with E-state index in [4.69, 9.17) is 19.4 Å². The Hall–Kier alpha value is -6.13. The normalized spacial score (nSPS) is 13.0. The molecule has 4 nitrogen and oxygen atoms in total. The van der Waals surface area contributed by atoms with Crippen LogP contribution in [-0.4, -0.2) is 15.0 Å². The maximum Gasteiger partial charge on any atom is 0.165 e. The summed E-state index contributed by atoms with van der Waals surface area (Å²) < 4.78 is 6.41. The molecule has 47 heavy (non-hydrogen) atoms. The summed E-state index contributed by atoms with van der Waals surface area (Å²) in [6.07, 6.45) is 8.52. The minimum atomic E-state index is 0.622. The molecule has 4 heteroatoms. The molecular formula is C43H29N3O. The smallest absolute Gasteiger partial charge is 0.165 e. The molecule has 0 unspecified atom stereocenters. The fraction of sp³-hybridized carbons (Fsp3) is 0.0465. The second-order valence-corrected chi connectivity index (χ2v) is 11.9. The van der Waals surface area contributed by atoms with Crippen LogP contribution >= 0.6 is 0 Å². The third-order valence-electron chi connectivity index (χ3n) is 8.99. The molecule has 0 N–H and O–H groups in total. The quantitative estimate of drug-likeness (QED) is 0.196. The predicted octanol–water partition coefficient (Wildman–Crippen LogP) is 11.3. The predicted molar refractivity (Wildman–Crippen MR) is 193 cm³/mol. The molecule has 6 aromatic carbocycles. The van der Waals surface area contributed by atoms with E-state index in [1.807, 2.05) is 18.2 Å². The van der Waals surface area contributed by atoms with Crippen LogP contribution in [-0.2, 0) is 0 Å². The number of hydrogen-bond donors (Lipinski definition) is 0. The molecule has 9 rings (SSSR count). The van der Waals surface area contributed by atoms with Crippen molar-refractivity contribution in [2.45, 2.75) is 12.8 Å². The molecule has 2 heterocycles. The van der Waals surface area contributed by atoms with E-state index in [1.54, 1.807) is 0 Å². The highest BCUT2D eigenvalue weighted by Crippen LogP contribution is 2.43. The largest absolute Gasteiger partial charge is 0.456 e. The Morgan fingerprint density at radius 3 is 2.02 bits per heavy atom. The Bertz CT molecular complexity index is 2500. The first-order chi connectivity index (χ1) is 23.3. The van der Waals surface area contributed by atoms with Crippen LogP contribution in [0.3, 0.4) is 0 Å². The van der Waals surface area contributed by atoms with Crippen molar-refractivity contribution >= 4 is 38.3 Å². The molecule has 0 amide bonds. The van der Waals surface area contributed by atoms with Crippen LogP contribution in [0.1, 0.15) is 18.7 Å². The van der Waals surface area contributed by atoms with Crippen molar-refractivity contribution in [3.63, 3.8) is 0 Å². The van der Waals surface area contributed by atoms with E-state index in [9.17, 15) is 0 Å². The van der Waals surface area contributed by atoms with Gasteiger partial charge in [-0.05, 0) is 64.1 Å². The molecular weight excluding hydrogens is 574 g/mol. The van der Waals surface area contributed by atoms with E-state index in [0.717, 1.165) is 73.4 Å². The molecule has 2 aromatic heterocycles. The van der Waals surface area contributed by atoms with Gasteiger partial charge in [0.1, 0.15) is 11.2 Å². The van der Waals surface area contributed by atoms with Gasteiger partial charge in [0, 0.05) is 27.5 Å². The molecule has 8 aromatic rings.